The lowest BCUT2D eigenvalue weighted by atomic mass is 10.5. The van der Waals surface area contributed by atoms with Crippen molar-refractivity contribution in [3.05, 3.63) is 20.8 Å². The minimum Gasteiger partial charge on any atom is -0.313 e. The van der Waals surface area contributed by atoms with Crippen molar-refractivity contribution in [2.24, 2.45) is 7.05 Å². The summed E-state index contributed by atoms with van der Waals surface area (Å²) in [6, 6.07) is 0. The molecular weight excluding hydrogens is 228 g/mol. The number of rotatable bonds is 2. The van der Waals surface area contributed by atoms with Gasteiger partial charge in [0.2, 0.25) is 0 Å². The first kappa shape index (κ1) is 11.0. The normalized spacial score (nSPS) is 11.2. The molecule has 0 spiro atoms. The Morgan fingerprint density at radius 1 is 1.44 bits per heavy atom. The second-order valence-corrected chi connectivity index (χ2v) is 4.11. The smallest absolute Gasteiger partial charge is 0.313 e. The van der Waals surface area contributed by atoms with Crippen LogP contribution in [0.15, 0.2) is 14.7 Å². The summed E-state index contributed by atoms with van der Waals surface area (Å²) in [6.07, 6.45) is 1.89. The molecule has 0 amide bonds. The molecule has 0 aliphatic carbocycles. The lowest BCUT2D eigenvalue weighted by Crippen LogP contribution is -2.29. The van der Waals surface area contributed by atoms with Crippen LogP contribution in [0.25, 0.3) is 11.2 Å². The van der Waals surface area contributed by atoms with E-state index in [0.29, 0.717) is 17.7 Å². The molecule has 86 valence electrons. The number of fused-ring (bicyclic) bond motifs is 1. The molecule has 7 heteroatoms. The molecule has 0 fully saturated rings. The van der Waals surface area contributed by atoms with Crippen molar-refractivity contribution < 1.29 is 0 Å². The van der Waals surface area contributed by atoms with Crippen LogP contribution >= 0.6 is 11.8 Å². The summed E-state index contributed by atoms with van der Waals surface area (Å²) in [4.78, 5) is 29.7. The second kappa shape index (κ2) is 3.82. The zero-order valence-corrected chi connectivity index (χ0v) is 10.1. The number of aromatic amines is 1. The standard InChI is InChI=1S/C9H12N4O2S/c1-4-13-5-6(10-9(13)16-3)12(2)8(15)11-7(5)14/h4H2,1-3H3,(H,11,14,15). The lowest BCUT2D eigenvalue weighted by Gasteiger charge is -2.01. The van der Waals surface area contributed by atoms with E-state index in [9.17, 15) is 9.59 Å². The number of nitrogens with zero attached hydrogens (tertiary/aromatic N) is 3. The molecule has 0 radical (unpaired) electrons. The Morgan fingerprint density at radius 2 is 2.12 bits per heavy atom. The fourth-order valence-corrected chi connectivity index (χ4v) is 2.28. The van der Waals surface area contributed by atoms with Crippen LogP contribution in [0.4, 0.5) is 0 Å². The highest BCUT2D eigenvalue weighted by Crippen LogP contribution is 2.18. The molecule has 2 heterocycles. The van der Waals surface area contributed by atoms with E-state index in [1.54, 1.807) is 11.6 Å². The number of nitrogens with one attached hydrogen (secondary N) is 1. The van der Waals surface area contributed by atoms with Crippen molar-refractivity contribution in [3.8, 4) is 0 Å². The molecule has 0 aliphatic heterocycles. The van der Waals surface area contributed by atoms with Crippen molar-refractivity contribution in [1.29, 1.82) is 0 Å². The van der Waals surface area contributed by atoms with Crippen LogP contribution in [-0.4, -0.2) is 25.4 Å². The maximum absolute atomic E-state index is 11.7. The fourth-order valence-electron chi connectivity index (χ4n) is 1.66. The summed E-state index contributed by atoms with van der Waals surface area (Å²) < 4.78 is 3.15. The summed E-state index contributed by atoms with van der Waals surface area (Å²) in [5.41, 5.74) is 0.0626. The van der Waals surface area contributed by atoms with E-state index in [-0.39, 0.29) is 5.56 Å². The molecule has 2 aromatic rings. The SMILES string of the molecule is CCn1c(SC)nc2c1c(=O)[nH]c(=O)n2C. The highest BCUT2D eigenvalue weighted by atomic mass is 32.2. The summed E-state index contributed by atoms with van der Waals surface area (Å²) >= 11 is 1.45. The second-order valence-electron chi connectivity index (χ2n) is 3.33. The first-order chi connectivity index (χ1) is 7.60. The van der Waals surface area contributed by atoms with Gasteiger partial charge in [-0.25, -0.2) is 9.78 Å². The molecule has 0 bridgehead atoms. The molecule has 0 saturated heterocycles. The van der Waals surface area contributed by atoms with Gasteiger partial charge in [-0.1, -0.05) is 11.8 Å². The molecule has 0 aliphatic rings. The monoisotopic (exact) mass is 240 g/mol. The summed E-state index contributed by atoms with van der Waals surface area (Å²) in [6.45, 7) is 2.58. The Bertz CT molecular complexity index is 652. The van der Waals surface area contributed by atoms with Crippen LogP contribution in [0, 0.1) is 0 Å². The Hall–Kier alpha value is -1.50. The van der Waals surface area contributed by atoms with Gasteiger partial charge in [0.05, 0.1) is 0 Å². The average Bonchev–Trinajstić information content (AvgIpc) is 2.64. The third kappa shape index (κ3) is 1.39. The van der Waals surface area contributed by atoms with E-state index >= 15 is 0 Å². The molecular formula is C9H12N4O2S. The first-order valence-corrected chi connectivity index (χ1v) is 6.06. The Labute approximate surface area is 95.3 Å². The highest BCUT2D eigenvalue weighted by molar-refractivity contribution is 7.98. The molecule has 0 unspecified atom stereocenters. The van der Waals surface area contributed by atoms with Gasteiger partial charge in [0.25, 0.3) is 5.56 Å². The van der Waals surface area contributed by atoms with Crippen LogP contribution in [-0.2, 0) is 13.6 Å². The Morgan fingerprint density at radius 3 is 2.69 bits per heavy atom. The van der Waals surface area contributed by atoms with Crippen LogP contribution in [0.1, 0.15) is 6.92 Å². The third-order valence-electron chi connectivity index (χ3n) is 2.47. The maximum Gasteiger partial charge on any atom is 0.329 e. The highest BCUT2D eigenvalue weighted by Gasteiger charge is 2.15. The average molecular weight is 240 g/mol. The first-order valence-electron chi connectivity index (χ1n) is 4.83. The zero-order valence-electron chi connectivity index (χ0n) is 9.27. The van der Waals surface area contributed by atoms with Gasteiger partial charge in [-0.2, -0.15) is 0 Å². The molecule has 1 N–H and O–H groups in total. The third-order valence-corrected chi connectivity index (χ3v) is 3.15. The number of hydrogen-bond acceptors (Lipinski definition) is 4. The van der Waals surface area contributed by atoms with E-state index in [2.05, 4.69) is 9.97 Å². The number of aromatic nitrogens is 4. The van der Waals surface area contributed by atoms with Gasteiger partial charge in [0, 0.05) is 13.6 Å². The molecule has 16 heavy (non-hydrogen) atoms. The van der Waals surface area contributed by atoms with Crippen LogP contribution < -0.4 is 11.2 Å². The minimum atomic E-state index is -0.439. The quantitative estimate of drug-likeness (QED) is 0.759. The molecule has 0 aromatic carbocycles. The van der Waals surface area contributed by atoms with Crippen molar-refractivity contribution in [1.82, 2.24) is 19.1 Å². The van der Waals surface area contributed by atoms with Gasteiger partial charge < -0.3 is 4.57 Å². The number of imidazole rings is 1. The molecule has 6 nitrogen and oxygen atoms in total. The van der Waals surface area contributed by atoms with Gasteiger partial charge in [0.1, 0.15) is 0 Å². The Kier molecular flexibility index (Phi) is 2.63. The van der Waals surface area contributed by atoms with Crippen LogP contribution in [0.2, 0.25) is 0 Å². The van der Waals surface area contributed by atoms with E-state index in [0.717, 1.165) is 5.16 Å². The summed E-state index contributed by atoms with van der Waals surface area (Å²) in [7, 11) is 1.59. The number of aryl methyl sites for hydroxylation is 2. The van der Waals surface area contributed by atoms with Crippen molar-refractivity contribution in [2.75, 3.05) is 6.26 Å². The summed E-state index contributed by atoms with van der Waals surface area (Å²) in [5, 5.41) is 0.740. The van der Waals surface area contributed by atoms with E-state index in [4.69, 9.17) is 0 Å². The molecule has 2 rings (SSSR count). The lowest BCUT2D eigenvalue weighted by molar-refractivity contribution is 0.701. The summed E-state index contributed by atoms with van der Waals surface area (Å²) in [5.74, 6) is 0. The van der Waals surface area contributed by atoms with Crippen LogP contribution in [0.3, 0.4) is 0 Å². The van der Waals surface area contributed by atoms with Gasteiger partial charge >= 0.3 is 5.69 Å². The predicted octanol–water partition coefficient (Wildman–Crippen LogP) is 0.165. The maximum atomic E-state index is 11.7. The van der Waals surface area contributed by atoms with Gasteiger partial charge in [0.15, 0.2) is 16.3 Å². The van der Waals surface area contributed by atoms with E-state index in [1.165, 1.54) is 16.3 Å². The largest absolute Gasteiger partial charge is 0.329 e. The predicted molar refractivity (Wildman–Crippen MR) is 63.0 cm³/mol. The van der Waals surface area contributed by atoms with Crippen LogP contribution in [0.5, 0.6) is 0 Å². The van der Waals surface area contributed by atoms with Gasteiger partial charge in [-0.05, 0) is 13.2 Å². The van der Waals surface area contributed by atoms with Crippen molar-refractivity contribution in [2.45, 2.75) is 18.6 Å². The molecule has 2 aromatic heterocycles. The fraction of sp³-hybridized carbons (Fsp3) is 0.444. The molecule has 0 atom stereocenters. The topological polar surface area (TPSA) is 72.7 Å². The Balaban J connectivity index is 3.03. The number of hydrogen-bond donors (Lipinski definition) is 1. The van der Waals surface area contributed by atoms with Crippen molar-refractivity contribution >= 4 is 22.9 Å². The number of thioether (sulfide) groups is 1. The number of H-pyrrole nitrogens is 1. The minimum absolute atomic E-state index is 0.382. The van der Waals surface area contributed by atoms with E-state index in [1.807, 2.05) is 13.2 Å². The zero-order chi connectivity index (χ0) is 11.9. The van der Waals surface area contributed by atoms with Gasteiger partial charge in [-0.15, -0.1) is 0 Å². The van der Waals surface area contributed by atoms with Crippen molar-refractivity contribution in [3.63, 3.8) is 0 Å². The molecule has 0 saturated carbocycles. The van der Waals surface area contributed by atoms with E-state index < -0.39 is 5.69 Å². The van der Waals surface area contributed by atoms with Gasteiger partial charge in [-0.3, -0.25) is 14.3 Å².